The van der Waals surface area contributed by atoms with Crippen LogP contribution < -0.4 is 10.1 Å². The van der Waals surface area contributed by atoms with E-state index in [9.17, 15) is 9.59 Å². The third-order valence-corrected chi connectivity index (χ3v) is 4.47. The molecule has 28 heavy (non-hydrogen) atoms. The van der Waals surface area contributed by atoms with Crippen molar-refractivity contribution in [2.75, 3.05) is 13.2 Å². The smallest absolute Gasteiger partial charge is 0.408 e. The Hall–Kier alpha value is -3.28. The van der Waals surface area contributed by atoms with Crippen LogP contribution >= 0.6 is 0 Å². The van der Waals surface area contributed by atoms with Gasteiger partial charge in [0.25, 0.3) is 0 Å². The number of esters is 1. The highest BCUT2D eigenvalue weighted by atomic mass is 16.6. The van der Waals surface area contributed by atoms with Gasteiger partial charge < -0.3 is 19.5 Å². The minimum absolute atomic E-state index is 0.105. The lowest BCUT2D eigenvalue weighted by atomic mass is 9.83. The zero-order valence-corrected chi connectivity index (χ0v) is 15.7. The van der Waals surface area contributed by atoms with Crippen LogP contribution in [0.25, 0.3) is 0 Å². The van der Waals surface area contributed by atoms with Crippen molar-refractivity contribution in [1.29, 1.82) is 0 Å². The molecule has 1 amide bonds. The van der Waals surface area contributed by atoms with Gasteiger partial charge in [-0.2, -0.15) is 0 Å². The Labute approximate surface area is 164 Å². The van der Waals surface area contributed by atoms with E-state index >= 15 is 0 Å². The van der Waals surface area contributed by atoms with Crippen molar-refractivity contribution in [1.82, 2.24) is 5.32 Å². The summed E-state index contributed by atoms with van der Waals surface area (Å²) >= 11 is 0. The summed E-state index contributed by atoms with van der Waals surface area (Å²) in [5, 5.41) is 2.66. The maximum absolute atomic E-state index is 12.6. The average molecular weight is 381 g/mol. The van der Waals surface area contributed by atoms with Gasteiger partial charge >= 0.3 is 12.1 Å². The molecule has 1 aliphatic heterocycles. The maximum Gasteiger partial charge on any atom is 0.408 e. The number of amides is 1. The minimum Gasteiger partial charge on any atom is -0.489 e. The van der Waals surface area contributed by atoms with Crippen molar-refractivity contribution < 1.29 is 23.8 Å². The Bertz CT molecular complexity index is 849. The number of nitrogens with one attached hydrogen (secondary N) is 1. The van der Waals surface area contributed by atoms with Crippen LogP contribution in [0.1, 0.15) is 24.0 Å². The van der Waals surface area contributed by atoms with E-state index in [1.165, 1.54) is 0 Å². The first-order valence-corrected chi connectivity index (χ1v) is 9.13. The van der Waals surface area contributed by atoms with Gasteiger partial charge in [-0.25, -0.2) is 9.59 Å². The predicted octanol–water partition coefficient (Wildman–Crippen LogP) is 3.58. The number of benzene rings is 2. The van der Waals surface area contributed by atoms with Crippen molar-refractivity contribution in [3.05, 3.63) is 77.9 Å². The molecule has 2 aromatic rings. The number of carbonyl (C=O) groups is 2. The standard InChI is InChI=1S/C22H23NO5/c1-3-26-21(24)20(23-22(25)28-14-16-9-5-4-6-10-16)19-15(2)13-27-18-12-8-7-11-17(18)19/h4-12,19-20H,2-3,13-14H2,1H3,(H,23,25). The summed E-state index contributed by atoms with van der Waals surface area (Å²) in [5.41, 5.74) is 2.31. The van der Waals surface area contributed by atoms with Gasteiger partial charge in [-0.15, -0.1) is 0 Å². The van der Waals surface area contributed by atoms with Gasteiger partial charge in [-0.3, -0.25) is 0 Å². The monoisotopic (exact) mass is 381 g/mol. The second kappa shape index (κ2) is 9.08. The molecule has 0 bridgehead atoms. The van der Waals surface area contributed by atoms with E-state index < -0.39 is 24.0 Å². The molecule has 146 valence electrons. The molecule has 0 saturated heterocycles. The van der Waals surface area contributed by atoms with Crippen LogP contribution in [0.2, 0.25) is 0 Å². The average Bonchev–Trinajstić information content (AvgIpc) is 2.72. The van der Waals surface area contributed by atoms with Crippen LogP contribution in [0.3, 0.4) is 0 Å². The van der Waals surface area contributed by atoms with E-state index in [2.05, 4.69) is 11.9 Å². The molecule has 1 N–H and O–H groups in total. The SMILES string of the molecule is C=C1COc2ccccc2C1C(NC(=O)OCc1ccccc1)C(=O)OCC. The van der Waals surface area contributed by atoms with Gasteiger partial charge in [-0.05, 0) is 24.1 Å². The first kappa shape index (κ1) is 19.5. The Balaban J connectivity index is 1.78. The van der Waals surface area contributed by atoms with Gasteiger partial charge in [0.1, 0.15) is 25.0 Å². The molecule has 0 spiro atoms. The molecular weight excluding hydrogens is 358 g/mol. The molecule has 3 rings (SSSR count). The third kappa shape index (κ3) is 4.52. The van der Waals surface area contributed by atoms with Crippen LogP contribution in [-0.4, -0.2) is 31.3 Å². The maximum atomic E-state index is 12.6. The van der Waals surface area contributed by atoms with Gasteiger partial charge in [0.2, 0.25) is 0 Å². The van der Waals surface area contributed by atoms with E-state index in [0.29, 0.717) is 11.3 Å². The second-order valence-electron chi connectivity index (χ2n) is 6.40. The second-order valence-corrected chi connectivity index (χ2v) is 6.40. The van der Waals surface area contributed by atoms with Crippen LogP contribution in [-0.2, 0) is 20.9 Å². The Kier molecular flexibility index (Phi) is 6.32. The van der Waals surface area contributed by atoms with Gasteiger partial charge in [0.05, 0.1) is 6.61 Å². The molecule has 0 saturated carbocycles. The predicted molar refractivity (Wildman–Crippen MR) is 104 cm³/mol. The molecular formula is C22H23NO5. The van der Waals surface area contributed by atoms with Crippen molar-refractivity contribution in [3.63, 3.8) is 0 Å². The molecule has 1 heterocycles. The summed E-state index contributed by atoms with van der Waals surface area (Å²) in [5.74, 6) is -0.344. The highest BCUT2D eigenvalue weighted by Gasteiger charge is 2.38. The lowest BCUT2D eigenvalue weighted by Gasteiger charge is -2.32. The molecule has 6 nitrogen and oxygen atoms in total. The summed E-state index contributed by atoms with van der Waals surface area (Å²) in [6, 6.07) is 15.7. The molecule has 1 aliphatic rings. The molecule has 0 radical (unpaired) electrons. The Morgan fingerprint density at radius 1 is 1.14 bits per heavy atom. The summed E-state index contributed by atoms with van der Waals surface area (Å²) in [6.45, 7) is 6.32. The number of hydrogen-bond donors (Lipinski definition) is 1. The van der Waals surface area contributed by atoms with Crippen LogP contribution in [0.15, 0.2) is 66.7 Å². The quantitative estimate of drug-likeness (QED) is 0.612. The van der Waals surface area contributed by atoms with E-state index in [-0.39, 0.29) is 19.8 Å². The van der Waals surface area contributed by atoms with E-state index in [4.69, 9.17) is 14.2 Å². The highest BCUT2D eigenvalue weighted by molar-refractivity contribution is 5.83. The number of hydrogen-bond acceptors (Lipinski definition) is 5. The molecule has 6 heteroatoms. The number of fused-ring (bicyclic) bond motifs is 1. The number of carbonyl (C=O) groups excluding carboxylic acids is 2. The summed E-state index contributed by atoms with van der Waals surface area (Å²) in [4.78, 5) is 25.0. The summed E-state index contributed by atoms with van der Waals surface area (Å²) in [6.07, 6.45) is -0.696. The van der Waals surface area contributed by atoms with Crippen molar-refractivity contribution >= 4 is 12.1 Å². The number of ether oxygens (including phenoxy) is 3. The highest BCUT2D eigenvalue weighted by Crippen LogP contribution is 2.38. The molecule has 2 unspecified atom stereocenters. The van der Waals surface area contributed by atoms with Crippen LogP contribution in [0.4, 0.5) is 4.79 Å². The topological polar surface area (TPSA) is 73.9 Å². The Morgan fingerprint density at radius 3 is 2.61 bits per heavy atom. The number of rotatable bonds is 6. The fourth-order valence-corrected chi connectivity index (χ4v) is 3.17. The third-order valence-electron chi connectivity index (χ3n) is 4.47. The number of para-hydroxylation sites is 1. The Morgan fingerprint density at radius 2 is 1.86 bits per heavy atom. The van der Waals surface area contributed by atoms with Crippen molar-refractivity contribution in [3.8, 4) is 5.75 Å². The normalized spacial score (nSPS) is 16.3. The van der Waals surface area contributed by atoms with Crippen LogP contribution in [0.5, 0.6) is 5.75 Å². The molecule has 0 aromatic heterocycles. The first-order valence-electron chi connectivity index (χ1n) is 9.13. The molecule has 2 aromatic carbocycles. The molecule has 0 fully saturated rings. The van der Waals surface area contributed by atoms with Crippen molar-refractivity contribution in [2.24, 2.45) is 0 Å². The van der Waals surface area contributed by atoms with Crippen molar-refractivity contribution in [2.45, 2.75) is 25.5 Å². The fraction of sp³-hybridized carbons (Fsp3) is 0.273. The summed E-state index contributed by atoms with van der Waals surface area (Å²) in [7, 11) is 0. The lowest BCUT2D eigenvalue weighted by Crippen LogP contribution is -2.47. The van der Waals surface area contributed by atoms with Gasteiger partial charge in [-0.1, -0.05) is 55.1 Å². The molecule has 2 atom stereocenters. The van der Waals surface area contributed by atoms with Crippen LogP contribution in [0, 0.1) is 0 Å². The van der Waals surface area contributed by atoms with Gasteiger partial charge in [0.15, 0.2) is 0 Å². The zero-order valence-electron chi connectivity index (χ0n) is 15.7. The van der Waals surface area contributed by atoms with E-state index in [1.807, 2.05) is 54.6 Å². The fourth-order valence-electron chi connectivity index (χ4n) is 3.17. The van der Waals surface area contributed by atoms with E-state index in [1.54, 1.807) is 6.92 Å². The molecule has 0 aliphatic carbocycles. The largest absolute Gasteiger partial charge is 0.489 e. The summed E-state index contributed by atoms with van der Waals surface area (Å²) < 4.78 is 16.1. The zero-order chi connectivity index (χ0) is 19.9. The minimum atomic E-state index is -0.958. The lowest BCUT2D eigenvalue weighted by molar-refractivity contribution is -0.146. The van der Waals surface area contributed by atoms with Gasteiger partial charge in [0, 0.05) is 11.5 Å². The number of alkyl carbamates (subject to hydrolysis) is 1. The van der Waals surface area contributed by atoms with E-state index in [0.717, 1.165) is 11.1 Å². The first-order chi connectivity index (χ1) is 13.6.